The zero-order chi connectivity index (χ0) is 29.8. The summed E-state index contributed by atoms with van der Waals surface area (Å²) >= 11 is 0. The van der Waals surface area contributed by atoms with E-state index >= 15 is 0 Å². The van der Waals surface area contributed by atoms with Crippen molar-refractivity contribution in [2.75, 3.05) is 13.7 Å². The van der Waals surface area contributed by atoms with Crippen LogP contribution in [0.2, 0.25) is 0 Å². The number of methoxy groups -OCH3 is 1. The van der Waals surface area contributed by atoms with Crippen molar-refractivity contribution >= 4 is 24.0 Å². The molecule has 0 fully saturated rings. The molecule has 0 saturated carbocycles. The summed E-state index contributed by atoms with van der Waals surface area (Å²) in [6, 6.07) is 20.7. The van der Waals surface area contributed by atoms with Crippen LogP contribution in [0, 0.1) is 5.92 Å². The Morgan fingerprint density at radius 2 is 1.63 bits per heavy atom. The third-order valence-corrected chi connectivity index (χ3v) is 5.72. The molecule has 3 rings (SSSR count). The first kappa shape index (κ1) is 30.6. The number of hydrogen-bond acceptors (Lipinski definition) is 7. The molecular formula is C32H35N3O6. The third kappa shape index (κ3) is 9.35. The van der Waals surface area contributed by atoms with Crippen LogP contribution in [0.3, 0.4) is 0 Å². The Kier molecular flexibility index (Phi) is 11.2. The minimum atomic E-state index is -0.542. The van der Waals surface area contributed by atoms with Crippen molar-refractivity contribution in [1.82, 2.24) is 10.7 Å². The minimum absolute atomic E-state index is 0.124. The Morgan fingerprint density at radius 1 is 0.927 bits per heavy atom. The molecule has 0 bridgehead atoms. The topological polar surface area (TPSA) is 115 Å². The van der Waals surface area contributed by atoms with Crippen LogP contribution < -0.4 is 20.2 Å². The van der Waals surface area contributed by atoms with Gasteiger partial charge in [-0.05, 0) is 85.5 Å². The second-order valence-corrected chi connectivity index (χ2v) is 9.77. The Hall–Kier alpha value is -4.92. The van der Waals surface area contributed by atoms with Gasteiger partial charge in [0.25, 0.3) is 11.8 Å². The van der Waals surface area contributed by atoms with E-state index in [1.807, 2.05) is 26.0 Å². The highest BCUT2D eigenvalue weighted by atomic mass is 16.5. The number of allylic oxidation sites excluding steroid dienone is 1. The van der Waals surface area contributed by atoms with E-state index in [0.29, 0.717) is 40.4 Å². The molecule has 0 saturated heterocycles. The quantitative estimate of drug-likeness (QED) is 0.136. The van der Waals surface area contributed by atoms with Crippen molar-refractivity contribution in [2.24, 2.45) is 11.0 Å². The summed E-state index contributed by atoms with van der Waals surface area (Å²) in [6.45, 7) is 7.97. The van der Waals surface area contributed by atoms with E-state index in [1.54, 1.807) is 81.6 Å². The van der Waals surface area contributed by atoms with Crippen molar-refractivity contribution in [3.63, 3.8) is 0 Å². The molecule has 0 atom stereocenters. The summed E-state index contributed by atoms with van der Waals surface area (Å²) in [4.78, 5) is 37.4. The van der Waals surface area contributed by atoms with Gasteiger partial charge in [0, 0.05) is 11.1 Å². The highest BCUT2D eigenvalue weighted by molar-refractivity contribution is 6.03. The van der Waals surface area contributed by atoms with Crippen LogP contribution >= 0.6 is 0 Å². The molecule has 0 spiro atoms. The molecule has 0 heterocycles. The molecule has 0 aromatic heterocycles. The zero-order valence-corrected chi connectivity index (χ0v) is 23.9. The number of benzene rings is 3. The van der Waals surface area contributed by atoms with E-state index in [0.717, 1.165) is 5.56 Å². The van der Waals surface area contributed by atoms with Crippen molar-refractivity contribution in [3.05, 3.63) is 106 Å². The summed E-state index contributed by atoms with van der Waals surface area (Å²) in [5.41, 5.74) is 5.56. The summed E-state index contributed by atoms with van der Waals surface area (Å²) < 4.78 is 16.6. The number of rotatable bonds is 12. The van der Waals surface area contributed by atoms with Crippen LogP contribution in [-0.4, -0.2) is 37.7 Å². The van der Waals surface area contributed by atoms with Crippen LogP contribution in [0.5, 0.6) is 11.5 Å². The van der Waals surface area contributed by atoms with Crippen LogP contribution in [-0.2, 0) is 16.1 Å². The monoisotopic (exact) mass is 557 g/mol. The second kappa shape index (κ2) is 15.0. The van der Waals surface area contributed by atoms with Crippen LogP contribution in [0.15, 0.2) is 89.2 Å². The second-order valence-electron chi connectivity index (χ2n) is 9.77. The van der Waals surface area contributed by atoms with Gasteiger partial charge in [0.2, 0.25) is 0 Å². The molecule has 3 aromatic rings. The number of amides is 2. The number of carbonyl (C=O) groups excluding carboxylic acids is 3. The Balaban J connectivity index is 1.61. The van der Waals surface area contributed by atoms with Crippen molar-refractivity contribution in [1.29, 1.82) is 0 Å². The number of esters is 1. The summed E-state index contributed by atoms with van der Waals surface area (Å²) in [5, 5.41) is 6.71. The van der Waals surface area contributed by atoms with Gasteiger partial charge in [-0.3, -0.25) is 9.59 Å². The maximum absolute atomic E-state index is 12.7. The van der Waals surface area contributed by atoms with E-state index < -0.39 is 5.91 Å². The summed E-state index contributed by atoms with van der Waals surface area (Å²) in [7, 11) is 1.56. The SMILES string of the molecule is COc1ccc(/C=N\NC(=O)C(NC(=O)c2ccccc2)=C(C)C)cc1COc1ccc(C(=O)OCC(C)C)cc1. The fourth-order valence-electron chi connectivity index (χ4n) is 3.57. The Morgan fingerprint density at radius 3 is 2.27 bits per heavy atom. The van der Waals surface area contributed by atoms with E-state index in [-0.39, 0.29) is 30.1 Å². The van der Waals surface area contributed by atoms with Crippen LogP contribution in [0.1, 0.15) is 59.5 Å². The van der Waals surface area contributed by atoms with Gasteiger partial charge in [0.05, 0.1) is 25.5 Å². The third-order valence-electron chi connectivity index (χ3n) is 5.72. The predicted octanol–water partition coefficient (Wildman–Crippen LogP) is 5.26. The molecule has 3 aromatic carbocycles. The molecule has 41 heavy (non-hydrogen) atoms. The standard InChI is InChI=1S/C32H35N3O6/c1-21(2)19-41-32(38)25-12-14-27(15-13-25)40-20-26-17-23(11-16-28(26)39-5)18-33-35-31(37)29(22(3)4)34-30(36)24-9-7-6-8-10-24/h6-18,21H,19-20H2,1-5H3,(H,34,36)(H,35,37)/b33-18-. The van der Waals surface area contributed by atoms with Crippen LogP contribution in [0.25, 0.3) is 0 Å². The van der Waals surface area contributed by atoms with Gasteiger partial charge in [-0.25, -0.2) is 10.2 Å². The molecule has 0 aliphatic carbocycles. The highest BCUT2D eigenvalue weighted by Gasteiger charge is 2.15. The van der Waals surface area contributed by atoms with E-state index in [1.165, 1.54) is 6.21 Å². The predicted molar refractivity (Wildman–Crippen MR) is 157 cm³/mol. The molecule has 0 aliphatic rings. The number of ether oxygens (including phenoxy) is 3. The Bertz CT molecular complexity index is 1410. The van der Waals surface area contributed by atoms with Gasteiger partial charge >= 0.3 is 5.97 Å². The summed E-state index contributed by atoms with van der Waals surface area (Å²) in [5.74, 6) is 0.152. The molecular weight excluding hydrogens is 522 g/mol. The average Bonchev–Trinajstić information content (AvgIpc) is 2.98. The number of nitrogens with zero attached hydrogens (tertiary/aromatic N) is 1. The zero-order valence-electron chi connectivity index (χ0n) is 23.9. The minimum Gasteiger partial charge on any atom is -0.496 e. The average molecular weight is 558 g/mol. The van der Waals surface area contributed by atoms with Crippen molar-refractivity contribution in [2.45, 2.75) is 34.3 Å². The number of carbonyl (C=O) groups is 3. The van der Waals surface area contributed by atoms with Crippen molar-refractivity contribution < 1.29 is 28.6 Å². The lowest BCUT2D eigenvalue weighted by Crippen LogP contribution is -2.33. The smallest absolute Gasteiger partial charge is 0.338 e. The van der Waals surface area contributed by atoms with Gasteiger partial charge in [-0.1, -0.05) is 32.0 Å². The van der Waals surface area contributed by atoms with Gasteiger partial charge < -0.3 is 19.5 Å². The Labute approximate surface area is 240 Å². The molecule has 0 aliphatic heterocycles. The fraction of sp³-hybridized carbons (Fsp3) is 0.250. The normalized spacial score (nSPS) is 10.7. The molecule has 9 nitrogen and oxygen atoms in total. The fourth-order valence-corrected chi connectivity index (χ4v) is 3.57. The number of hydrogen-bond donors (Lipinski definition) is 2. The first-order chi connectivity index (χ1) is 19.7. The summed E-state index contributed by atoms with van der Waals surface area (Å²) in [6.07, 6.45) is 1.49. The van der Waals surface area contributed by atoms with E-state index in [2.05, 4.69) is 15.8 Å². The first-order valence-corrected chi connectivity index (χ1v) is 13.1. The lowest BCUT2D eigenvalue weighted by molar-refractivity contribution is -0.117. The largest absolute Gasteiger partial charge is 0.496 e. The molecule has 2 amide bonds. The van der Waals surface area contributed by atoms with E-state index in [4.69, 9.17) is 14.2 Å². The highest BCUT2D eigenvalue weighted by Crippen LogP contribution is 2.22. The first-order valence-electron chi connectivity index (χ1n) is 13.1. The molecule has 0 unspecified atom stereocenters. The lowest BCUT2D eigenvalue weighted by Gasteiger charge is -2.12. The van der Waals surface area contributed by atoms with E-state index in [9.17, 15) is 14.4 Å². The van der Waals surface area contributed by atoms with Gasteiger partial charge in [0.15, 0.2) is 0 Å². The number of hydrazone groups is 1. The molecule has 9 heteroatoms. The maximum Gasteiger partial charge on any atom is 0.338 e. The molecule has 0 radical (unpaired) electrons. The molecule has 214 valence electrons. The lowest BCUT2D eigenvalue weighted by atomic mass is 10.1. The van der Waals surface area contributed by atoms with Crippen molar-refractivity contribution in [3.8, 4) is 11.5 Å². The van der Waals surface area contributed by atoms with Gasteiger partial charge in [0.1, 0.15) is 23.8 Å². The van der Waals surface area contributed by atoms with Gasteiger partial charge in [-0.15, -0.1) is 0 Å². The maximum atomic E-state index is 12.7. The van der Waals surface area contributed by atoms with Crippen LogP contribution in [0.4, 0.5) is 0 Å². The number of nitrogens with one attached hydrogen (secondary N) is 2. The molecule has 2 N–H and O–H groups in total. The van der Waals surface area contributed by atoms with Gasteiger partial charge in [-0.2, -0.15) is 5.10 Å².